The minimum absolute atomic E-state index is 0.0767. The van der Waals surface area contributed by atoms with Gasteiger partial charge in [0.25, 0.3) is 0 Å². The molecule has 4 N–H and O–H groups in total. The van der Waals surface area contributed by atoms with E-state index in [4.69, 9.17) is 15.5 Å². The third-order valence-electron chi connectivity index (χ3n) is 2.41. The first-order valence-corrected chi connectivity index (χ1v) is 5.69. The van der Waals surface area contributed by atoms with Crippen molar-refractivity contribution in [2.45, 2.75) is 26.2 Å². The standard InChI is InChI=1S/C10H17N5O3/c1-2-3-7(9(11)15-17)10(16)12-5-4-8-13-6-14-18-8/h6-7,17H,2-5H2,1H3,(H2,11,15)(H,12,16). The molecule has 0 fully saturated rings. The van der Waals surface area contributed by atoms with Crippen LogP contribution in [0.15, 0.2) is 16.0 Å². The van der Waals surface area contributed by atoms with Gasteiger partial charge in [0.05, 0.1) is 5.92 Å². The number of rotatable bonds is 7. The number of amides is 1. The number of hydrogen-bond acceptors (Lipinski definition) is 6. The number of nitrogens with zero attached hydrogens (tertiary/aromatic N) is 3. The maximum Gasteiger partial charge on any atom is 0.230 e. The van der Waals surface area contributed by atoms with Crippen LogP contribution in [0.4, 0.5) is 0 Å². The van der Waals surface area contributed by atoms with E-state index >= 15 is 0 Å². The van der Waals surface area contributed by atoms with Crippen molar-refractivity contribution < 1.29 is 14.5 Å². The monoisotopic (exact) mass is 255 g/mol. The molecule has 8 nitrogen and oxygen atoms in total. The molecule has 1 aromatic heterocycles. The second-order valence-corrected chi connectivity index (χ2v) is 3.74. The van der Waals surface area contributed by atoms with Crippen LogP contribution < -0.4 is 11.1 Å². The molecule has 0 aliphatic rings. The van der Waals surface area contributed by atoms with Gasteiger partial charge in [0.1, 0.15) is 0 Å². The molecule has 0 saturated heterocycles. The highest BCUT2D eigenvalue weighted by molar-refractivity contribution is 6.01. The second kappa shape index (κ2) is 7.25. The smallest absolute Gasteiger partial charge is 0.230 e. The molecule has 1 aromatic rings. The normalized spacial score (nSPS) is 13.3. The predicted molar refractivity (Wildman–Crippen MR) is 62.8 cm³/mol. The highest BCUT2D eigenvalue weighted by Crippen LogP contribution is 2.06. The van der Waals surface area contributed by atoms with E-state index in [1.807, 2.05) is 6.92 Å². The number of nitrogens with two attached hydrogens (primary N) is 1. The third-order valence-corrected chi connectivity index (χ3v) is 2.41. The Kier molecular flexibility index (Phi) is 5.62. The van der Waals surface area contributed by atoms with E-state index in [-0.39, 0.29) is 11.7 Å². The van der Waals surface area contributed by atoms with Gasteiger partial charge in [-0.25, -0.2) is 0 Å². The van der Waals surface area contributed by atoms with E-state index in [2.05, 4.69) is 20.6 Å². The summed E-state index contributed by atoms with van der Waals surface area (Å²) in [7, 11) is 0. The number of amidine groups is 1. The van der Waals surface area contributed by atoms with Gasteiger partial charge in [0.2, 0.25) is 11.8 Å². The van der Waals surface area contributed by atoms with Crippen LogP contribution in [0.2, 0.25) is 0 Å². The summed E-state index contributed by atoms with van der Waals surface area (Å²) >= 11 is 0. The van der Waals surface area contributed by atoms with Crippen LogP contribution in [-0.2, 0) is 11.2 Å². The van der Waals surface area contributed by atoms with Gasteiger partial charge in [-0.1, -0.05) is 23.7 Å². The SMILES string of the molecule is CCCC(C(=O)NCCc1ncno1)C(N)=NO. The van der Waals surface area contributed by atoms with Crippen LogP contribution in [0.3, 0.4) is 0 Å². The maximum absolute atomic E-state index is 11.8. The molecule has 8 heteroatoms. The molecule has 1 heterocycles. The average Bonchev–Trinajstić information content (AvgIpc) is 2.88. The Labute approximate surface area is 104 Å². The molecule has 0 radical (unpaired) electrons. The zero-order chi connectivity index (χ0) is 13.4. The summed E-state index contributed by atoms with van der Waals surface area (Å²) in [6.45, 7) is 2.28. The summed E-state index contributed by atoms with van der Waals surface area (Å²) in [4.78, 5) is 15.6. The molecule has 1 amide bonds. The van der Waals surface area contributed by atoms with E-state index in [9.17, 15) is 4.79 Å². The van der Waals surface area contributed by atoms with Gasteiger partial charge in [-0.15, -0.1) is 0 Å². The summed E-state index contributed by atoms with van der Waals surface area (Å²) < 4.78 is 4.79. The summed E-state index contributed by atoms with van der Waals surface area (Å²) in [5, 5.41) is 17.6. The Balaban J connectivity index is 2.41. The molecule has 1 unspecified atom stereocenters. The minimum atomic E-state index is -0.609. The lowest BCUT2D eigenvalue weighted by atomic mass is 10.0. The molecule has 0 spiro atoms. The number of hydrogen-bond donors (Lipinski definition) is 3. The van der Waals surface area contributed by atoms with Crippen molar-refractivity contribution in [3.8, 4) is 0 Å². The van der Waals surface area contributed by atoms with Crippen molar-refractivity contribution >= 4 is 11.7 Å². The zero-order valence-corrected chi connectivity index (χ0v) is 10.2. The fourth-order valence-corrected chi connectivity index (χ4v) is 1.49. The van der Waals surface area contributed by atoms with Crippen molar-refractivity contribution in [2.75, 3.05) is 6.54 Å². The number of oxime groups is 1. The summed E-state index contributed by atoms with van der Waals surface area (Å²) in [5.74, 6) is -0.507. The van der Waals surface area contributed by atoms with Crippen LogP contribution in [0.1, 0.15) is 25.7 Å². The number of carbonyl (C=O) groups excluding carboxylic acids is 1. The molecule has 18 heavy (non-hydrogen) atoms. The first-order chi connectivity index (χ1) is 8.69. The first kappa shape index (κ1) is 13.9. The average molecular weight is 255 g/mol. The molecule has 0 saturated carbocycles. The molecule has 1 rings (SSSR count). The molecule has 100 valence electrons. The highest BCUT2D eigenvalue weighted by Gasteiger charge is 2.21. The number of nitrogens with one attached hydrogen (secondary N) is 1. The van der Waals surface area contributed by atoms with Gasteiger partial charge in [0, 0.05) is 13.0 Å². The zero-order valence-electron chi connectivity index (χ0n) is 10.2. The quantitative estimate of drug-likeness (QED) is 0.270. The molecule has 0 aromatic carbocycles. The van der Waals surface area contributed by atoms with Crippen molar-refractivity contribution in [2.24, 2.45) is 16.8 Å². The van der Waals surface area contributed by atoms with Gasteiger partial charge in [-0.2, -0.15) is 4.98 Å². The Morgan fingerprint density at radius 3 is 3.06 bits per heavy atom. The van der Waals surface area contributed by atoms with Gasteiger partial charge < -0.3 is 20.8 Å². The Morgan fingerprint density at radius 2 is 2.50 bits per heavy atom. The van der Waals surface area contributed by atoms with Crippen molar-refractivity contribution in [1.82, 2.24) is 15.5 Å². The van der Waals surface area contributed by atoms with Gasteiger partial charge in [-0.3, -0.25) is 4.79 Å². The van der Waals surface area contributed by atoms with Crippen molar-refractivity contribution in [1.29, 1.82) is 0 Å². The molecule has 0 aliphatic heterocycles. The minimum Gasteiger partial charge on any atom is -0.409 e. The van der Waals surface area contributed by atoms with E-state index < -0.39 is 5.92 Å². The number of carbonyl (C=O) groups is 1. The second-order valence-electron chi connectivity index (χ2n) is 3.74. The van der Waals surface area contributed by atoms with Gasteiger partial charge in [-0.05, 0) is 6.42 Å². The van der Waals surface area contributed by atoms with E-state index in [0.717, 1.165) is 6.42 Å². The molecule has 1 atom stereocenters. The van der Waals surface area contributed by atoms with Crippen molar-refractivity contribution in [3.05, 3.63) is 12.2 Å². The van der Waals surface area contributed by atoms with Crippen LogP contribution in [0, 0.1) is 5.92 Å². The summed E-state index contributed by atoms with van der Waals surface area (Å²) in [6.07, 6.45) is 3.04. The van der Waals surface area contributed by atoms with Gasteiger partial charge >= 0.3 is 0 Å². The summed E-state index contributed by atoms with van der Waals surface area (Å²) in [6, 6.07) is 0. The van der Waals surface area contributed by atoms with Crippen LogP contribution in [0.5, 0.6) is 0 Å². The highest BCUT2D eigenvalue weighted by atomic mass is 16.5. The Bertz CT molecular complexity index is 390. The fourth-order valence-electron chi connectivity index (χ4n) is 1.49. The third kappa shape index (κ3) is 4.04. The van der Waals surface area contributed by atoms with E-state index in [0.29, 0.717) is 25.3 Å². The van der Waals surface area contributed by atoms with Crippen LogP contribution in [-0.4, -0.2) is 33.6 Å². The van der Waals surface area contributed by atoms with Crippen molar-refractivity contribution in [3.63, 3.8) is 0 Å². The molecule has 0 bridgehead atoms. The Morgan fingerprint density at radius 1 is 1.72 bits per heavy atom. The van der Waals surface area contributed by atoms with E-state index in [1.165, 1.54) is 6.33 Å². The number of aromatic nitrogens is 2. The van der Waals surface area contributed by atoms with Crippen LogP contribution >= 0.6 is 0 Å². The predicted octanol–water partition coefficient (Wildman–Crippen LogP) is -0.109. The Hall–Kier alpha value is -2.12. The van der Waals surface area contributed by atoms with Crippen LogP contribution in [0.25, 0.3) is 0 Å². The van der Waals surface area contributed by atoms with E-state index in [1.54, 1.807) is 0 Å². The largest absolute Gasteiger partial charge is 0.409 e. The maximum atomic E-state index is 11.8. The fraction of sp³-hybridized carbons (Fsp3) is 0.600. The lowest BCUT2D eigenvalue weighted by molar-refractivity contribution is -0.123. The topological polar surface area (TPSA) is 127 Å². The summed E-state index contributed by atoms with van der Waals surface area (Å²) in [5.41, 5.74) is 5.47. The molecular weight excluding hydrogens is 238 g/mol. The lowest BCUT2D eigenvalue weighted by Gasteiger charge is -2.13. The first-order valence-electron chi connectivity index (χ1n) is 5.69. The van der Waals surface area contributed by atoms with Gasteiger partial charge in [0.15, 0.2) is 12.2 Å². The molecule has 0 aliphatic carbocycles. The molecular formula is C10H17N5O3. The lowest BCUT2D eigenvalue weighted by Crippen LogP contribution is -2.39.